The highest BCUT2D eigenvalue weighted by molar-refractivity contribution is 5.76. The van der Waals surface area contributed by atoms with E-state index < -0.39 is 4.92 Å². The molecule has 1 aliphatic rings. The van der Waals surface area contributed by atoms with E-state index >= 15 is 0 Å². The van der Waals surface area contributed by atoms with Gasteiger partial charge in [0.05, 0.1) is 4.92 Å². The van der Waals surface area contributed by atoms with Crippen LogP contribution < -0.4 is 0 Å². The summed E-state index contributed by atoms with van der Waals surface area (Å²) in [5.74, 6) is 0.0596. The molecule has 5 heteroatoms. The molecule has 94 valence electrons. The van der Waals surface area contributed by atoms with Gasteiger partial charge in [-0.1, -0.05) is 18.2 Å². The molecule has 0 aromatic heterocycles. The second kappa shape index (κ2) is 5.00. The van der Waals surface area contributed by atoms with Crippen LogP contribution in [0.2, 0.25) is 0 Å². The van der Waals surface area contributed by atoms with Crippen LogP contribution in [0.3, 0.4) is 0 Å². The van der Waals surface area contributed by atoms with Crippen LogP contribution in [0.1, 0.15) is 18.9 Å². The lowest BCUT2D eigenvalue weighted by Crippen LogP contribution is -2.32. The molecule has 0 bridgehead atoms. The summed E-state index contributed by atoms with van der Waals surface area (Å²) in [6.07, 6.45) is 2.70. The van der Waals surface area contributed by atoms with Crippen LogP contribution in [-0.2, 0) is 4.79 Å². The number of hydrogen-bond acceptors (Lipinski definition) is 3. The molecule has 0 aliphatic carbocycles. The van der Waals surface area contributed by atoms with Crippen molar-refractivity contribution in [1.29, 1.82) is 0 Å². The molecule has 1 aromatic carbocycles. The fourth-order valence-corrected chi connectivity index (χ4v) is 2.04. The van der Waals surface area contributed by atoms with Crippen molar-refractivity contribution in [2.75, 3.05) is 13.1 Å². The summed E-state index contributed by atoms with van der Waals surface area (Å²) in [4.78, 5) is 23.3. The maximum atomic E-state index is 11.2. The summed E-state index contributed by atoms with van der Waals surface area (Å²) >= 11 is 0. The second-order valence-corrected chi connectivity index (χ2v) is 4.25. The van der Waals surface area contributed by atoms with E-state index in [1.807, 2.05) is 12.1 Å². The van der Waals surface area contributed by atoms with Gasteiger partial charge in [0.1, 0.15) is 0 Å². The Balaban J connectivity index is 2.20. The first-order chi connectivity index (χ1) is 8.58. The molecule has 1 aromatic rings. The summed E-state index contributed by atoms with van der Waals surface area (Å²) in [5, 5.41) is 10.7. The molecular weight excluding hydrogens is 232 g/mol. The summed E-state index contributed by atoms with van der Waals surface area (Å²) in [6.45, 7) is 2.80. The molecule has 0 unspecified atom stereocenters. The Kier molecular flexibility index (Phi) is 3.41. The number of amides is 1. The molecular formula is C13H14N2O3. The van der Waals surface area contributed by atoms with E-state index in [1.165, 1.54) is 6.07 Å². The van der Waals surface area contributed by atoms with Crippen molar-refractivity contribution in [1.82, 2.24) is 4.90 Å². The van der Waals surface area contributed by atoms with Gasteiger partial charge in [0.2, 0.25) is 5.91 Å². The Hall–Kier alpha value is -2.17. The molecule has 0 fully saturated rings. The summed E-state index contributed by atoms with van der Waals surface area (Å²) in [6, 6.07) is 6.61. The third-order valence-electron chi connectivity index (χ3n) is 3.08. The third-order valence-corrected chi connectivity index (χ3v) is 3.08. The minimum atomic E-state index is -0.394. The zero-order chi connectivity index (χ0) is 13.1. The van der Waals surface area contributed by atoms with Crippen molar-refractivity contribution in [3.63, 3.8) is 0 Å². The smallest absolute Gasteiger partial charge is 0.270 e. The van der Waals surface area contributed by atoms with E-state index in [2.05, 4.69) is 0 Å². The number of carbonyl (C=O) groups is 1. The first-order valence-electron chi connectivity index (χ1n) is 5.77. The first-order valence-corrected chi connectivity index (χ1v) is 5.77. The third kappa shape index (κ3) is 2.56. The van der Waals surface area contributed by atoms with Crippen LogP contribution >= 0.6 is 0 Å². The Morgan fingerprint density at radius 3 is 2.78 bits per heavy atom. The largest absolute Gasteiger partial charge is 0.339 e. The van der Waals surface area contributed by atoms with Gasteiger partial charge in [-0.25, -0.2) is 0 Å². The molecule has 0 saturated carbocycles. The van der Waals surface area contributed by atoms with E-state index in [9.17, 15) is 14.9 Å². The molecule has 18 heavy (non-hydrogen) atoms. The quantitative estimate of drug-likeness (QED) is 0.593. The van der Waals surface area contributed by atoms with Crippen LogP contribution in [0.5, 0.6) is 0 Å². The number of non-ortho nitro benzene ring substituents is 1. The molecule has 0 atom stereocenters. The molecule has 1 heterocycles. The van der Waals surface area contributed by atoms with Crippen LogP contribution in [0.15, 0.2) is 30.3 Å². The lowest BCUT2D eigenvalue weighted by Gasteiger charge is -2.25. The fraction of sp³-hybridized carbons (Fsp3) is 0.308. The Bertz CT molecular complexity index is 523. The van der Waals surface area contributed by atoms with E-state index in [4.69, 9.17) is 0 Å². The monoisotopic (exact) mass is 246 g/mol. The van der Waals surface area contributed by atoms with Crippen LogP contribution in [0.25, 0.3) is 5.57 Å². The zero-order valence-electron chi connectivity index (χ0n) is 10.1. The predicted octanol–water partition coefficient (Wildman–Crippen LogP) is 2.23. The fourth-order valence-electron chi connectivity index (χ4n) is 2.04. The molecule has 0 spiro atoms. The highest BCUT2D eigenvalue weighted by Crippen LogP contribution is 2.25. The molecule has 1 aliphatic heterocycles. The average molecular weight is 246 g/mol. The van der Waals surface area contributed by atoms with Crippen LogP contribution in [0.4, 0.5) is 5.69 Å². The molecule has 2 rings (SSSR count). The van der Waals surface area contributed by atoms with Gasteiger partial charge in [0.25, 0.3) is 5.69 Å². The average Bonchev–Trinajstić information content (AvgIpc) is 2.39. The minimum Gasteiger partial charge on any atom is -0.339 e. The second-order valence-electron chi connectivity index (χ2n) is 4.25. The predicted molar refractivity (Wildman–Crippen MR) is 67.9 cm³/mol. The van der Waals surface area contributed by atoms with Crippen molar-refractivity contribution < 1.29 is 9.72 Å². The number of nitrogens with zero attached hydrogens (tertiary/aromatic N) is 2. The van der Waals surface area contributed by atoms with Crippen LogP contribution in [0, 0.1) is 10.1 Å². The highest BCUT2D eigenvalue weighted by Gasteiger charge is 2.16. The van der Waals surface area contributed by atoms with Crippen molar-refractivity contribution in [2.45, 2.75) is 13.3 Å². The molecule has 0 radical (unpaired) electrons. The van der Waals surface area contributed by atoms with E-state index in [1.54, 1.807) is 24.0 Å². The summed E-state index contributed by atoms with van der Waals surface area (Å²) < 4.78 is 0. The van der Waals surface area contributed by atoms with Gasteiger partial charge in [-0.2, -0.15) is 0 Å². The highest BCUT2D eigenvalue weighted by atomic mass is 16.6. The Morgan fingerprint density at radius 1 is 1.44 bits per heavy atom. The maximum Gasteiger partial charge on any atom is 0.270 e. The zero-order valence-corrected chi connectivity index (χ0v) is 10.1. The Labute approximate surface area is 105 Å². The lowest BCUT2D eigenvalue weighted by atomic mass is 9.99. The van der Waals surface area contributed by atoms with E-state index in [0.717, 1.165) is 17.6 Å². The van der Waals surface area contributed by atoms with Crippen molar-refractivity contribution in [3.05, 3.63) is 46.0 Å². The topological polar surface area (TPSA) is 63.5 Å². The van der Waals surface area contributed by atoms with Crippen LogP contribution in [-0.4, -0.2) is 28.8 Å². The standard InChI is InChI=1S/C13H14N2O3/c1-10(16)14-7-5-11(6-8-14)12-3-2-4-13(9-12)15(17)18/h2-5,9H,6-8H2,1H3. The maximum absolute atomic E-state index is 11.2. The molecule has 1 amide bonds. The number of nitro benzene ring substituents is 1. The minimum absolute atomic E-state index is 0.0596. The number of carbonyl (C=O) groups excluding carboxylic acids is 1. The van der Waals surface area contributed by atoms with E-state index in [0.29, 0.717) is 13.1 Å². The van der Waals surface area contributed by atoms with Gasteiger partial charge >= 0.3 is 0 Å². The molecule has 5 nitrogen and oxygen atoms in total. The number of nitro groups is 1. The van der Waals surface area contributed by atoms with Gasteiger partial charge in [0.15, 0.2) is 0 Å². The van der Waals surface area contributed by atoms with Crippen molar-refractivity contribution in [2.24, 2.45) is 0 Å². The first kappa shape index (κ1) is 12.3. The van der Waals surface area contributed by atoms with Crippen molar-refractivity contribution >= 4 is 17.2 Å². The van der Waals surface area contributed by atoms with Gasteiger partial charge < -0.3 is 4.90 Å². The molecule has 0 N–H and O–H groups in total. The Morgan fingerprint density at radius 2 is 2.22 bits per heavy atom. The number of benzene rings is 1. The summed E-state index contributed by atoms with van der Waals surface area (Å²) in [5.41, 5.74) is 2.03. The van der Waals surface area contributed by atoms with E-state index in [-0.39, 0.29) is 11.6 Å². The van der Waals surface area contributed by atoms with Gasteiger partial charge in [0, 0.05) is 32.1 Å². The van der Waals surface area contributed by atoms with Gasteiger partial charge in [-0.15, -0.1) is 0 Å². The number of hydrogen-bond donors (Lipinski definition) is 0. The van der Waals surface area contributed by atoms with Gasteiger partial charge in [-0.05, 0) is 17.6 Å². The van der Waals surface area contributed by atoms with Gasteiger partial charge in [-0.3, -0.25) is 14.9 Å². The number of rotatable bonds is 2. The SMILES string of the molecule is CC(=O)N1CC=C(c2cccc([N+](=O)[O-])c2)CC1. The normalized spacial score (nSPS) is 15.2. The van der Waals surface area contributed by atoms with Crippen molar-refractivity contribution in [3.8, 4) is 0 Å². The summed E-state index contributed by atoms with van der Waals surface area (Å²) in [7, 11) is 0. The molecule has 0 saturated heterocycles. The lowest BCUT2D eigenvalue weighted by molar-refractivity contribution is -0.384.